The topological polar surface area (TPSA) is 37.8 Å². The summed E-state index contributed by atoms with van der Waals surface area (Å²) >= 11 is 6.04. The summed E-state index contributed by atoms with van der Waals surface area (Å²) in [6.07, 6.45) is 1.72. The van der Waals surface area contributed by atoms with Gasteiger partial charge in [0.2, 0.25) is 5.95 Å². The summed E-state index contributed by atoms with van der Waals surface area (Å²) in [4.78, 5) is 8.56. The highest BCUT2D eigenvalue weighted by Gasteiger charge is 2.10. The summed E-state index contributed by atoms with van der Waals surface area (Å²) in [5.41, 5.74) is 2.31. The Morgan fingerprint density at radius 1 is 1.39 bits per heavy atom. The molecule has 0 saturated heterocycles. The summed E-state index contributed by atoms with van der Waals surface area (Å²) in [6, 6.07) is 4.28. The number of hydrogen-bond donors (Lipinski definition) is 1. The second-order valence-electron chi connectivity index (χ2n) is 3.88. The molecule has 1 heterocycles. The maximum atomic E-state index is 13.0. The van der Waals surface area contributed by atoms with Crippen LogP contribution in [0.1, 0.15) is 12.5 Å². The number of rotatable bonds is 3. The molecule has 0 unspecified atom stereocenters. The molecule has 0 saturated carbocycles. The number of nitrogens with zero attached hydrogens (tertiary/aromatic N) is 2. The van der Waals surface area contributed by atoms with Gasteiger partial charge in [0.1, 0.15) is 5.82 Å². The minimum atomic E-state index is -0.359. The molecule has 0 spiro atoms. The van der Waals surface area contributed by atoms with Crippen molar-refractivity contribution in [1.82, 2.24) is 9.97 Å². The van der Waals surface area contributed by atoms with E-state index in [1.54, 1.807) is 12.3 Å². The van der Waals surface area contributed by atoms with Gasteiger partial charge >= 0.3 is 0 Å². The highest BCUT2D eigenvalue weighted by atomic mass is 35.5. The van der Waals surface area contributed by atoms with E-state index in [4.69, 9.17) is 11.6 Å². The molecule has 0 aliphatic heterocycles. The molecule has 0 aliphatic rings. The van der Waals surface area contributed by atoms with Gasteiger partial charge in [0.25, 0.3) is 0 Å². The van der Waals surface area contributed by atoms with Gasteiger partial charge in [-0.05, 0) is 37.6 Å². The lowest BCUT2D eigenvalue weighted by Gasteiger charge is -2.09. The molecule has 0 amide bonds. The smallest absolute Gasteiger partial charge is 0.223 e. The van der Waals surface area contributed by atoms with Crippen LogP contribution in [0.15, 0.2) is 24.4 Å². The van der Waals surface area contributed by atoms with E-state index >= 15 is 0 Å². The predicted octanol–water partition coefficient (Wildman–Crippen LogP) is 3.68. The van der Waals surface area contributed by atoms with Gasteiger partial charge in [-0.1, -0.05) is 11.6 Å². The van der Waals surface area contributed by atoms with Crippen molar-refractivity contribution in [2.45, 2.75) is 13.8 Å². The van der Waals surface area contributed by atoms with E-state index in [2.05, 4.69) is 15.3 Å². The SMILES string of the molecule is CCNc1ncc(C)c(-c2ccc(F)cc2Cl)n1. The fourth-order valence-corrected chi connectivity index (χ4v) is 1.90. The summed E-state index contributed by atoms with van der Waals surface area (Å²) in [7, 11) is 0. The molecular weight excluding hydrogens is 253 g/mol. The first-order valence-electron chi connectivity index (χ1n) is 5.64. The molecule has 2 aromatic rings. The van der Waals surface area contributed by atoms with Crippen molar-refractivity contribution in [3.63, 3.8) is 0 Å². The molecule has 1 aromatic carbocycles. The molecule has 0 radical (unpaired) electrons. The highest BCUT2D eigenvalue weighted by molar-refractivity contribution is 6.33. The zero-order valence-corrected chi connectivity index (χ0v) is 10.9. The maximum Gasteiger partial charge on any atom is 0.223 e. The monoisotopic (exact) mass is 265 g/mol. The second-order valence-corrected chi connectivity index (χ2v) is 4.29. The fourth-order valence-electron chi connectivity index (χ4n) is 1.64. The van der Waals surface area contributed by atoms with E-state index in [1.165, 1.54) is 12.1 Å². The molecule has 5 heteroatoms. The zero-order chi connectivity index (χ0) is 13.1. The van der Waals surface area contributed by atoms with Gasteiger partial charge in [-0.25, -0.2) is 14.4 Å². The van der Waals surface area contributed by atoms with Crippen LogP contribution in [0, 0.1) is 12.7 Å². The van der Waals surface area contributed by atoms with Crippen molar-refractivity contribution in [3.05, 3.63) is 40.8 Å². The van der Waals surface area contributed by atoms with Crippen molar-refractivity contribution < 1.29 is 4.39 Å². The first-order valence-corrected chi connectivity index (χ1v) is 6.02. The third-order valence-electron chi connectivity index (χ3n) is 2.49. The third kappa shape index (κ3) is 2.59. The molecule has 3 nitrogen and oxygen atoms in total. The van der Waals surface area contributed by atoms with Crippen molar-refractivity contribution in [2.24, 2.45) is 0 Å². The van der Waals surface area contributed by atoms with E-state index < -0.39 is 0 Å². The lowest BCUT2D eigenvalue weighted by molar-refractivity contribution is 0.628. The Hall–Kier alpha value is -1.68. The molecule has 2 rings (SSSR count). The molecule has 18 heavy (non-hydrogen) atoms. The molecular formula is C13H13ClFN3. The molecule has 0 atom stereocenters. The number of halogens is 2. The molecule has 1 N–H and O–H groups in total. The number of hydrogen-bond acceptors (Lipinski definition) is 3. The van der Waals surface area contributed by atoms with Gasteiger partial charge in [0, 0.05) is 18.3 Å². The van der Waals surface area contributed by atoms with Gasteiger partial charge in [-0.15, -0.1) is 0 Å². The lowest BCUT2D eigenvalue weighted by atomic mass is 10.1. The Labute approximate surface area is 110 Å². The van der Waals surface area contributed by atoms with Crippen LogP contribution in [0.2, 0.25) is 5.02 Å². The Morgan fingerprint density at radius 2 is 2.17 bits per heavy atom. The molecule has 0 bridgehead atoms. The highest BCUT2D eigenvalue weighted by Crippen LogP contribution is 2.29. The Kier molecular flexibility index (Phi) is 3.77. The van der Waals surface area contributed by atoms with Crippen LogP contribution in [-0.2, 0) is 0 Å². The van der Waals surface area contributed by atoms with Gasteiger partial charge in [0.05, 0.1) is 10.7 Å². The van der Waals surface area contributed by atoms with Gasteiger partial charge in [0.15, 0.2) is 0 Å². The van der Waals surface area contributed by atoms with Crippen LogP contribution in [-0.4, -0.2) is 16.5 Å². The van der Waals surface area contributed by atoms with Crippen LogP contribution >= 0.6 is 11.6 Å². The van der Waals surface area contributed by atoms with Crippen molar-refractivity contribution >= 4 is 17.5 Å². The first kappa shape index (κ1) is 12.8. The van der Waals surface area contributed by atoms with Gasteiger partial charge in [-0.2, -0.15) is 0 Å². The Morgan fingerprint density at radius 3 is 2.83 bits per heavy atom. The first-order chi connectivity index (χ1) is 8.61. The van der Waals surface area contributed by atoms with Crippen LogP contribution in [0.5, 0.6) is 0 Å². The minimum absolute atomic E-state index is 0.347. The van der Waals surface area contributed by atoms with Crippen LogP contribution in [0.4, 0.5) is 10.3 Å². The van der Waals surface area contributed by atoms with E-state index in [0.717, 1.165) is 12.1 Å². The number of aryl methyl sites for hydroxylation is 1. The molecule has 0 aliphatic carbocycles. The van der Waals surface area contributed by atoms with Crippen LogP contribution in [0.3, 0.4) is 0 Å². The van der Waals surface area contributed by atoms with E-state index in [9.17, 15) is 4.39 Å². The Bertz CT molecular complexity index is 572. The largest absolute Gasteiger partial charge is 0.354 e. The summed E-state index contributed by atoms with van der Waals surface area (Å²) in [6.45, 7) is 4.60. The average molecular weight is 266 g/mol. The van der Waals surface area contributed by atoms with E-state index in [0.29, 0.717) is 22.2 Å². The number of nitrogens with one attached hydrogen (secondary N) is 1. The summed E-state index contributed by atoms with van der Waals surface area (Å²) in [5, 5.41) is 3.38. The van der Waals surface area contributed by atoms with Crippen LogP contribution in [0.25, 0.3) is 11.3 Å². The molecule has 1 aromatic heterocycles. The normalized spacial score (nSPS) is 10.4. The van der Waals surface area contributed by atoms with Gasteiger partial charge < -0.3 is 5.32 Å². The van der Waals surface area contributed by atoms with Crippen molar-refractivity contribution in [1.29, 1.82) is 0 Å². The lowest BCUT2D eigenvalue weighted by Crippen LogP contribution is -2.03. The standard InChI is InChI=1S/C13H13ClFN3/c1-3-16-13-17-7-8(2)12(18-13)10-5-4-9(15)6-11(10)14/h4-7H,3H2,1-2H3,(H,16,17,18). The predicted molar refractivity (Wildman–Crippen MR) is 71.3 cm³/mol. The van der Waals surface area contributed by atoms with Gasteiger partial charge in [-0.3, -0.25) is 0 Å². The number of benzene rings is 1. The zero-order valence-electron chi connectivity index (χ0n) is 10.2. The van der Waals surface area contributed by atoms with Crippen molar-refractivity contribution in [3.8, 4) is 11.3 Å². The minimum Gasteiger partial charge on any atom is -0.354 e. The Balaban J connectivity index is 2.51. The molecule has 94 valence electrons. The summed E-state index contributed by atoms with van der Waals surface area (Å²) in [5.74, 6) is 0.181. The second kappa shape index (κ2) is 5.31. The number of aromatic nitrogens is 2. The average Bonchev–Trinajstić information content (AvgIpc) is 2.33. The maximum absolute atomic E-state index is 13.0. The quantitative estimate of drug-likeness (QED) is 0.920. The van der Waals surface area contributed by atoms with E-state index in [-0.39, 0.29) is 5.82 Å². The summed E-state index contributed by atoms with van der Waals surface area (Å²) < 4.78 is 13.0. The number of anilines is 1. The molecule has 0 fully saturated rings. The van der Waals surface area contributed by atoms with E-state index in [1.807, 2.05) is 13.8 Å². The van der Waals surface area contributed by atoms with Crippen molar-refractivity contribution in [2.75, 3.05) is 11.9 Å². The van der Waals surface area contributed by atoms with Crippen LogP contribution < -0.4 is 5.32 Å². The fraction of sp³-hybridized carbons (Fsp3) is 0.231. The third-order valence-corrected chi connectivity index (χ3v) is 2.81.